The maximum Gasteiger partial charge on any atom is 0.312 e. The molecule has 0 heterocycles. The highest BCUT2D eigenvalue weighted by molar-refractivity contribution is 5.77. The fourth-order valence-corrected chi connectivity index (χ4v) is 5.23. The quantitative estimate of drug-likeness (QED) is 0.132. The third-order valence-corrected chi connectivity index (χ3v) is 8.53. The van der Waals surface area contributed by atoms with Crippen LogP contribution in [0.5, 0.6) is 0 Å². The second kappa shape index (κ2) is 13.9. The van der Waals surface area contributed by atoms with Gasteiger partial charge in [0.15, 0.2) is 0 Å². The van der Waals surface area contributed by atoms with E-state index in [2.05, 4.69) is 58.5 Å². The van der Waals surface area contributed by atoms with Crippen molar-refractivity contribution in [1.82, 2.24) is 0 Å². The predicted octanol–water partition coefficient (Wildman–Crippen LogP) is 9.39. The van der Waals surface area contributed by atoms with Gasteiger partial charge in [0.1, 0.15) is 5.76 Å². The Bertz CT molecular complexity index is 806. The molecule has 2 rings (SSSR count). The van der Waals surface area contributed by atoms with Crippen LogP contribution in [0.15, 0.2) is 42.7 Å². The molecule has 35 heavy (non-hydrogen) atoms. The summed E-state index contributed by atoms with van der Waals surface area (Å²) in [6.07, 6.45) is 16.9. The molecule has 1 fully saturated rings. The first-order chi connectivity index (χ1) is 16.6. The number of allylic oxidation sites excluding steroid dienone is 1. The van der Waals surface area contributed by atoms with Gasteiger partial charge in [0.2, 0.25) is 0 Å². The zero-order chi connectivity index (χ0) is 25.9. The van der Waals surface area contributed by atoms with Crippen molar-refractivity contribution in [3.05, 3.63) is 53.8 Å². The smallest absolute Gasteiger partial charge is 0.312 e. The summed E-state index contributed by atoms with van der Waals surface area (Å²) in [5, 5.41) is 9.20. The highest BCUT2D eigenvalue weighted by Gasteiger charge is 2.43. The van der Waals surface area contributed by atoms with Gasteiger partial charge < -0.3 is 9.84 Å². The van der Waals surface area contributed by atoms with Gasteiger partial charge in [-0.05, 0) is 79.9 Å². The summed E-state index contributed by atoms with van der Waals surface area (Å²) >= 11 is 0. The molecule has 1 unspecified atom stereocenters. The van der Waals surface area contributed by atoms with Crippen molar-refractivity contribution >= 4 is 12.0 Å². The van der Waals surface area contributed by atoms with Crippen LogP contribution in [0.4, 0.5) is 0 Å². The largest absolute Gasteiger partial charge is 0.509 e. The Morgan fingerprint density at radius 2 is 1.60 bits per heavy atom. The molecule has 3 heteroatoms. The highest BCUT2D eigenvalue weighted by atomic mass is 16.5. The Kier molecular flexibility index (Phi) is 11.6. The molecular weight excluding hydrogens is 432 g/mol. The van der Waals surface area contributed by atoms with Crippen LogP contribution in [-0.2, 0) is 9.53 Å². The monoisotopic (exact) mass is 482 g/mol. The van der Waals surface area contributed by atoms with Gasteiger partial charge in [0, 0.05) is 0 Å². The van der Waals surface area contributed by atoms with Gasteiger partial charge >= 0.3 is 5.97 Å². The van der Waals surface area contributed by atoms with Gasteiger partial charge in [-0.1, -0.05) is 96.7 Å². The van der Waals surface area contributed by atoms with Crippen molar-refractivity contribution in [2.45, 2.75) is 111 Å². The Balaban J connectivity index is 1.56. The number of carbonyl (C=O) groups excluding carboxylic acids is 1. The molecule has 1 aliphatic carbocycles. The molecule has 0 radical (unpaired) electrons. The van der Waals surface area contributed by atoms with Gasteiger partial charge in [-0.3, -0.25) is 4.79 Å². The molecule has 1 aromatic rings. The minimum atomic E-state index is -0.414. The van der Waals surface area contributed by atoms with Crippen molar-refractivity contribution in [2.75, 3.05) is 6.61 Å². The van der Waals surface area contributed by atoms with Crippen LogP contribution < -0.4 is 0 Å². The molecule has 0 saturated heterocycles. The van der Waals surface area contributed by atoms with E-state index in [1.165, 1.54) is 56.9 Å². The fraction of sp³-hybridized carbons (Fsp3) is 0.656. The number of ether oxygens (including phenoxy) is 1. The summed E-state index contributed by atoms with van der Waals surface area (Å²) in [5.41, 5.74) is 2.05. The van der Waals surface area contributed by atoms with Crippen LogP contribution in [0.25, 0.3) is 6.08 Å². The molecule has 0 bridgehead atoms. The summed E-state index contributed by atoms with van der Waals surface area (Å²) in [6, 6.07) is 8.76. The SMILES string of the molecule is C=C(O)/C=C/c1ccc(C2CCC(CCCCCCCOC(=O)C(C)(CC)C(C)(C)C)CC2)cc1. The van der Waals surface area contributed by atoms with Crippen LogP contribution in [0, 0.1) is 16.7 Å². The first-order valence-corrected chi connectivity index (χ1v) is 13.9. The molecule has 0 aromatic heterocycles. The van der Waals surface area contributed by atoms with Gasteiger partial charge in [0.25, 0.3) is 0 Å². The third-order valence-electron chi connectivity index (χ3n) is 8.53. The lowest BCUT2D eigenvalue weighted by molar-refractivity contribution is -0.162. The van der Waals surface area contributed by atoms with Crippen LogP contribution in [0.1, 0.15) is 122 Å². The summed E-state index contributed by atoms with van der Waals surface area (Å²) in [7, 11) is 0. The van der Waals surface area contributed by atoms with E-state index in [0.717, 1.165) is 30.7 Å². The molecule has 0 spiro atoms. The molecule has 1 aromatic carbocycles. The number of hydrogen-bond donors (Lipinski definition) is 1. The summed E-state index contributed by atoms with van der Waals surface area (Å²) in [4.78, 5) is 12.6. The first-order valence-electron chi connectivity index (χ1n) is 13.9. The maximum atomic E-state index is 12.6. The topological polar surface area (TPSA) is 46.5 Å². The van der Waals surface area contributed by atoms with Crippen molar-refractivity contribution in [3.8, 4) is 0 Å². The number of rotatable bonds is 13. The lowest BCUT2D eigenvalue weighted by atomic mass is 9.66. The predicted molar refractivity (Wildman–Crippen MR) is 148 cm³/mol. The number of aliphatic hydroxyl groups is 1. The molecule has 0 amide bonds. The normalized spacial score (nSPS) is 20.5. The maximum absolute atomic E-state index is 12.6. The van der Waals surface area contributed by atoms with E-state index in [0.29, 0.717) is 12.5 Å². The second-order valence-corrected chi connectivity index (χ2v) is 11.8. The number of aliphatic hydroxyl groups excluding tert-OH is 1. The van der Waals surface area contributed by atoms with Gasteiger partial charge in [-0.15, -0.1) is 0 Å². The van der Waals surface area contributed by atoms with Crippen molar-refractivity contribution in [1.29, 1.82) is 0 Å². The minimum absolute atomic E-state index is 0.0381. The lowest BCUT2D eigenvalue weighted by Gasteiger charge is -2.38. The number of benzene rings is 1. The molecule has 1 saturated carbocycles. The van der Waals surface area contributed by atoms with E-state index in [1.807, 2.05) is 13.0 Å². The summed E-state index contributed by atoms with van der Waals surface area (Å²) < 4.78 is 5.65. The number of carbonyl (C=O) groups is 1. The van der Waals surface area contributed by atoms with Crippen LogP contribution >= 0.6 is 0 Å². The molecule has 196 valence electrons. The van der Waals surface area contributed by atoms with Crippen LogP contribution in [0.3, 0.4) is 0 Å². The summed E-state index contributed by atoms with van der Waals surface area (Å²) in [5.74, 6) is 1.62. The zero-order valence-corrected chi connectivity index (χ0v) is 23.1. The van der Waals surface area contributed by atoms with Crippen molar-refractivity contribution in [3.63, 3.8) is 0 Å². The van der Waals surface area contributed by atoms with E-state index < -0.39 is 5.41 Å². The minimum Gasteiger partial charge on any atom is -0.509 e. The standard InChI is InChI=1S/C32H50O3/c1-7-32(6,31(3,4)5)30(34)35-24-12-10-8-9-11-13-26-16-20-28(21-17-26)29-22-18-27(19-23-29)15-14-25(2)33/h14-15,18-19,22-23,26,28,33H,2,7-13,16-17,20-21,24H2,1,3-6H3/b15-14+. The number of unbranched alkanes of at least 4 members (excludes halogenated alkanes) is 4. The average Bonchev–Trinajstić information content (AvgIpc) is 2.83. The van der Waals surface area contributed by atoms with Gasteiger partial charge in [-0.2, -0.15) is 0 Å². The number of hydrogen-bond acceptors (Lipinski definition) is 3. The Morgan fingerprint density at radius 3 is 2.17 bits per heavy atom. The van der Waals surface area contributed by atoms with E-state index in [4.69, 9.17) is 4.74 Å². The first kappa shape index (κ1) is 29.2. The van der Waals surface area contributed by atoms with Crippen molar-refractivity contribution in [2.24, 2.45) is 16.7 Å². The van der Waals surface area contributed by atoms with Crippen molar-refractivity contribution < 1.29 is 14.6 Å². The zero-order valence-electron chi connectivity index (χ0n) is 23.1. The van der Waals surface area contributed by atoms with E-state index in [1.54, 1.807) is 6.08 Å². The highest BCUT2D eigenvalue weighted by Crippen LogP contribution is 2.42. The van der Waals surface area contributed by atoms with E-state index in [9.17, 15) is 9.90 Å². The molecule has 1 atom stereocenters. The third kappa shape index (κ3) is 9.17. The van der Waals surface area contributed by atoms with Gasteiger partial charge in [-0.25, -0.2) is 0 Å². The fourth-order valence-electron chi connectivity index (χ4n) is 5.23. The molecule has 3 nitrogen and oxygen atoms in total. The Hall–Kier alpha value is -2.03. The van der Waals surface area contributed by atoms with E-state index in [-0.39, 0.29) is 17.1 Å². The van der Waals surface area contributed by atoms with Crippen LogP contribution in [-0.4, -0.2) is 17.7 Å². The molecular formula is C32H50O3. The van der Waals surface area contributed by atoms with Gasteiger partial charge in [0.05, 0.1) is 12.0 Å². The average molecular weight is 483 g/mol. The molecule has 1 aliphatic rings. The molecule has 1 N–H and O–H groups in total. The lowest BCUT2D eigenvalue weighted by Crippen LogP contribution is -2.41. The number of esters is 1. The Labute approximate surface area is 215 Å². The van der Waals surface area contributed by atoms with E-state index >= 15 is 0 Å². The van der Waals surface area contributed by atoms with Crippen LogP contribution in [0.2, 0.25) is 0 Å². The molecule has 0 aliphatic heterocycles. The second-order valence-electron chi connectivity index (χ2n) is 11.8. The summed E-state index contributed by atoms with van der Waals surface area (Å²) in [6.45, 7) is 14.5. The Morgan fingerprint density at radius 1 is 1.00 bits per heavy atom.